The molecule has 0 bridgehead atoms. The highest BCUT2D eigenvalue weighted by Gasteiger charge is 2.11. The van der Waals surface area contributed by atoms with E-state index in [-0.39, 0.29) is 22.8 Å². The smallest absolute Gasteiger partial charge is 0.227 e. The number of pyridine rings is 1. The summed E-state index contributed by atoms with van der Waals surface area (Å²) in [5, 5.41) is 0. The van der Waals surface area contributed by atoms with E-state index in [1.807, 2.05) is 77.6 Å². The normalized spacial score (nSPS) is 9.82. The summed E-state index contributed by atoms with van der Waals surface area (Å²) in [6, 6.07) is 23.7. The van der Waals surface area contributed by atoms with E-state index in [1.165, 1.54) is 5.56 Å². The predicted octanol–water partition coefficient (Wildman–Crippen LogP) is 0.528. The standard InChI is InChI=1S/C19H16NO.BrH/c21-19(18-9-5-2-6-10-18)15-20-13-11-17(12-14-20)16-7-3-1-4-8-16;/h1-14H,15H2;1H/q+1;/p-1. The SMILES string of the molecule is O=C(C[n+]1ccc(-c2ccccc2)cc1)c1ccccc1.[Br-]. The van der Waals surface area contributed by atoms with Crippen LogP contribution in [0, 0.1) is 0 Å². The van der Waals surface area contributed by atoms with Crippen LogP contribution in [0.5, 0.6) is 0 Å². The Morgan fingerprint density at radius 2 is 1.23 bits per heavy atom. The minimum Gasteiger partial charge on any atom is -1.00 e. The van der Waals surface area contributed by atoms with E-state index in [4.69, 9.17) is 0 Å². The molecule has 0 amide bonds. The van der Waals surface area contributed by atoms with Crippen LogP contribution in [0.4, 0.5) is 0 Å². The molecule has 1 aromatic heterocycles. The lowest BCUT2D eigenvalue weighted by Crippen LogP contribution is -3.00. The van der Waals surface area contributed by atoms with Gasteiger partial charge in [0.25, 0.3) is 0 Å². The van der Waals surface area contributed by atoms with Crippen LogP contribution in [0.25, 0.3) is 11.1 Å². The molecule has 0 atom stereocenters. The number of Topliss-reactive ketones (excluding diaryl/α,β-unsaturated/α-hetero) is 1. The fourth-order valence-corrected chi connectivity index (χ4v) is 2.27. The van der Waals surface area contributed by atoms with Gasteiger partial charge in [0.2, 0.25) is 12.3 Å². The van der Waals surface area contributed by atoms with Gasteiger partial charge in [0, 0.05) is 17.7 Å². The molecule has 0 aliphatic carbocycles. The van der Waals surface area contributed by atoms with Crippen LogP contribution in [0.15, 0.2) is 85.2 Å². The van der Waals surface area contributed by atoms with E-state index in [0.717, 1.165) is 11.1 Å². The Hall–Kier alpha value is -2.26. The Labute approximate surface area is 140 Å². The quantitative estimate of drug-likeness (QED) is 0.495. The predicted molar refractivity (Wildman–Crippen MR) is 82.8 cm³/mol. The molecule has 0 aliphatic rings. The Bertz CT molecular complexity index is 724. The summed E-state index contributed by atoms with van der Waals surface area (Å²) in [7, 11) is 0. The molecule has 0 saturated carbocycles. The largest absolute Gasteiger partial charge is 1.00 e. The van der Waals surface area contributed by atoms with Gasteiger partial charge in [0.05, 0.1) is 0 Å². The molecule has 0 N–H and O–H groups in total. The molecule has 3 heteroatoms. The summed E-state index contributed by atoms with van der Waals surface area (Å²) in [5.74, 6) is 0.119. The van der Waals surface area contributed by atoms with Crippen LogP contribution in [0.3, 0.4) is 0 Å². The lowest BCUT2D eigenvalue weighted by atomic mass is 10.1. The molecule has 1 heterocycles. The first-order chi connectivity index (χ1) is 10.3. The number of carbonyl (C=O) groups excluding carboxylic acids is 1. The highest BCUT2D eigenvalue weighted by molar-refractivity contribution is 5.94. The van der Waals surface area contributed by atoms with E-state index in [0.29, 0.717) is 6.54 Å². The van der Waals surface area contributed by atoms with Crippen molar-refractivity contribution < 1.29 is 26.3 Å². The summed E-state index contributed by atoms with van der Waals surface area (Å²) in [6.07, 6.45) is 3.90. The first-order valence-electron chi connectivity index (χ1n) is 6.96. The number of aromatic nitrogens is 1. The Balaban J connectivity index is 0.00000176. The zero-order valence-electron chi connectivity index (χ0n) is 12.0. The molecule has 110 valence electrons. The zero-order chi connectivity index (χ0) is 14.5. The summed E-state index contributed by atoms with van der Waals surface area (Å²) in [6.45, 7) is 0.360. The first-order valence-corrected chi connectivity index (χ1v) is 6.96. The molecule has 2 nitrogen and oxygen atoms in total. The highest BCUT2D eigenvalue weighted by atomic mass is 79.9. The molecule has 3 aromatic rings. The number of benzene rings is 2. The third-order valence-electron chi connectivity index (χ3n) is 3.42. The summed E-state index contributed by atoms with van der Waals surface area (Å²) in [4.78, 5) is 12.1. The molecular weight excluding hydrogens is 338 g/mol. The van der Waals surface area contributed by atoms with E-state index in [9.17, 15) is 4.79 Å². The topological polar surface area (TPSA) is 20.9 Å². The van der Waals surface area contributed by atoms with Crippen LogP contribution in [-0.2, 0) is 6.54 Å². The van der Waals surface area contributed by atoms with Gasteiger partial charge in [-0.05, 0) is 11.1 Å². The molecule has 0 aliphatic heterocycles. The van der Waals surface area contributed by atoms with E-state index in [1.54, 1.807) is 0 Å². The Morgan fingerprint density at radius 3 is 1.82 bits per heavy atom. The van der Waals surface area contributed by atoms with Crippen molar-refractivity contribution in [3.8, 4) is 11.1 Å². The van der Waals surface area contributed by atoms with Crippen LogP contribution in [0.2, 0.25) is 0 Å². The van der Waals surface area contributed by atoms with Gasteiger partial charge in [-0.2, -0.15) is 4.57 Å². The molecule has 0 fully saturated rings. The van der Waals surface area contributed by atoms with Crippen molar-refractivity contribution in [2.75, 3.05) is 0 Å². The molecule has 0 unspecified atom stereocenters. The average molecular weight is 354 g/mol. The van der Waals surface area contributed by atoms with Crippen LogP contribution >= 0.6 is 0 Å². The maximum Gasteiger partial charge on any atom is 0.227 e. The summed E-state index contributed by atoms with van der Waals surface area (Å²) < 4.78 is 1.90. The van der Waals surface area contributed by atoms with Crippen molar-refractivity contribution in [3.05, 3.63) is 90.8 Å². The van der Waals surface area contributed by atoms with Crippen LogP contribution in [-0.4, -0.2) is 5.78 Å². The third-order valence-corrected chi connectivity index (χ3v) is 3.42. The van der Waals surface area contributed by atoms with E-state index in [2.05, 4.69) is 12.1 Å². The zero-order valence-corrected chi connectivity index (χ0v) is 13.6. The van der Waals surface area contributed by atoms with Crippen molar-refractivity contribution in [1.29, 1.82) is 0 Å². The number of carbonyl (C=O) groups is 1. The van der Waals surface area contributed by atoms with Gasteiger partial charge in [-0.1, -0.05) is 60.7 Å². The molecule has 22 heavy (non-hydrogen) atoms. The maximum atomic E-state index is 12.1. The third kappa shape index (κ3) is 3.89. The fourth-order valence-electron chi connectivity index (χ4n) is 2.27. The van der Waals surface area contributed by atoms with Gasteiger partial charge in [-0.25, -0.2) is 0 Å². The second-order valence-electron chi connectivity index (χ2n) is 4.91. The van der Waals surface area contributed by atoms with E-state index < -0.39 is 0 Å². The molecule has 0 radical (unpaired) electrons. The van der Waals surface area contributed by atoms with Gasteiger partial charge in [0.1, 0.15) is 0 Å². The lowest BCUT2D eigenvalue weighted by Gasteiger charge is -2.01. The molecule has 0 saturated heterocycles. The van der Waals surface area contributed by atoms with Crippen LogP contribution in [0.1, 0.15) is 10.4 Å². The molecule has 2 aromatic carbocycles. The average Bonchev–Trinajstić information content (AvgIpc) is 2.57. The van der Waals surface area contributed by atoms with Crippen LogP contribution < -0.4 is 21.5 Å². The van der Waals surface area contributed by atoms with Gasteiger partial charge >= 0.3 is 0 Å². The number of ketones is 1. The molecular formula is C19H16BrNO. The second kappa shape index (κ2) is 7.66. The molecule has 0 spiro atoms. The monoisotopic (exact) mass is 353 g/mol. The molecule has 3 rings (SSSR count). The number of nitrogens with zero attached hydrogens (tertiary/aromatic N) is 1. The van der Waals surface area contributed by atoms with Gasteiger partial charge < -0.3 is 17.0 Å². The lowest BCUT2D eigenvalue weighted by molar-refractivity contribution is -0.683. The van der Waals surface area contributed by atoms with E-state index >= 15 is 0 Å². The minimum absolute atomic E-state index is 0. The maximum absolute atomic E-state index is 12.1. The first kappa shape index (κ1) is 16.1. The highest BCUT2D eigenvalue weighted by Crippen LogP contribution is 2.16. The Kier molecular flexibility index (Phi) is 5.61. The number of rotatable bonds is 4. The summed E-state index contributed by atoms with van der Waals surface area (Å²) in [5.41, 5.74) is 3.08. The van der Waals surface area contributed by atoms with Gasteiger partial charge in [0.15, 0.2) is 12.4 Å². The van der Waals surface area contributed by atoms with Crippen molar-refractivity contribution >= 4 is 5.78 Å². The Morgan fingerprint density at radius 1 is 0.727 bits per heavy atom. The van der Waals surface area contributed by atoms with Crippen molar-refractivity contribution in [2.45, 2.75) is 6.54 Å². The number of hydrogen-bond acceptors (Lipinski definition) is 1. The second-order valence-corrected chi connectivity index (χ2v) is 4.91. The summed E-state index contributed by atoms with van der Waals surface area (Å²) >= 11 is 0. The van der Waals surface area contributed by atoms with Gasteiger partial charge in [-0.3, -0.25) is 4.79 Å². The van der Waals surface area contributed by atoms with Crippen molar-refractivity contribution in [2.24, 2.45) is 0 Å². The fraction of sp³-hybridized carbons (Fsp3) is 0.0526. The minimum atomic E-state index is 0. The van der Waals surface area contributed by atoms with Gasteiger partial charge in [-0.15, -0.1) is 0 Å². The van der Waals surface area contributed by atoms with Crippen molar-refractivity contribution in [3.63, 3.8) is 0 Å². The van der Waals surface area contributed by atoms with Crippen molar-refractivity contribution in [1.82, 2.24) is 0 Å². The number of hydrogen-bond donors (Lipinski definition) is 0. The number of halogens is 1.